The Morgan fingerprint density at radius 1 is 0.774 bits per heavy atom. The van der Waals surface area contributed by atoms with Gasteiger partial charge in [-0.3, -0.25) is 9.59 Å². The zero-order valence-electron chi connectivity index (χ0n) is 18.3. The second kappa shape index (κ2) is 8.23. The summed E-state index contributed by atoms with van der Waals surface area (Å²) in [5, 5.41) is 3.27. The quantitative estimate of drug-likeness (QED) is 0.559. The molecule has 0 aromatic heterocycles. The lowest BCUT2D eigenvalue weighted by molar-refractivity contribution is -0.120. The maximum absolute atomic E-state index is 13.5. The lowest BCUT2D eigenvalue weighted by Crippen LogP contribution is -2.32. The third-order valence-corrected chi connectivity index (χ3v) is 5.67. The molecule has 0 saturated carbocycles. The van der Waals surface area contributed by atoms with Gasteiger partial charge in [0.25, 0.3) is 11.8 Å². The van der Waals surface area contributed by atoms with E-state index in [0.29, 0.717) is 17.0 Å². The Bertz CT molecular complexity index is 1190. The van der Waals surface area contributed by atoms with Crippen LogP contribution in [-0.4, -0.2) is 11.8 Å². The predicted octanol–water partition coefficient (Wildman–Crippen LogP) is 5.57. The summed E-state index contributed by atoms with van der Waals surface area (Å²) in [6, 6.07) is 21.3. The summed E-state index contributed by atoms with van der Waals surface area (Å²) < 4.78 is 0. The molecule has 1 heterocycles. The van der Waals surface area contributed by atoms with E-state index >= 15 is 0 Å². The molecule has 4 heteroatoms. The van der Waals surface area contributed by atoms with Gasteiger partial charge < -0.3 is 5.32 Å². The van der Waals surface area contributed by atoms with Crippen LogP contribution in [0.1, 0.15) is 34.7 Å². The van der Waals surface area contributed by atoms with Gasteiger partial charge in [0, 0.05) is 5.69 Å². The fourth-order valence-corrected chi connectivity index (χ4v) is 3.84. The van der Waals surface area contributed by atoms with Crippen LogP contribution in [0.3, 0.4) is 0 Å². The van der Waals surface area contributed by atoms with E-state index in [9.17, 15) is 9.59 Å². The van der Waals surface area contributed by atoms with Gasteiger partial charge in [-0.15, -0.1) is 0 Å². The summed E-state index contributed by atoms with van der Waals surface area (Å²) in [6.45, 7) is 8.09. The smallest absolute Gasteiger partial charge is 0.282 e. The van der Waals surface area contributed by atoms with Gasteiger partial charge in [0.15, 0.2) is 0 Å². The molecule has 156 valence electrons. The van der Waals surface area contributed by atoms with Crippen LogP contribution in [0.25, 0.3) is 5.57 Å². The maximum atomic E-state index is 13.5. The first-order valence-electron chi connectivity index (χ1n) is 10.5. The summed E-state index contributed by atoms with van der Waals surface area (Å²) in [5.74, 6) is -0.657. The highest BCUT2D eigenvalue weighted by molar-refractivity contribution is 6.46. The van der Waals surface area contributed by atoms with E-state index in [4.69, 9.17) is 0 Å². The van der Waals surface area contributed by atoms with Gasteiger partial charge in [-0.05, 0) is 62.1 Å². The van der Waals surface area contributed by atoms with Crippen molar-refractivity contribution in [3.05, 3.63) is 100 Å². The Labute approximate surface area is 183 Å². The van der Waals surface area contributed by atoms with E-state index in [1.807, 2.05) is 81.4 Å². The number of nitrogens with one attached hydrogen (secondary N) is 1. The van der Waals surface area contributed by atoms with Crippen molar-refractivity contribution in [2.24, 2.45) is 0 Å². The van der Waals surface area contributed by atoms with Gasteiger partial charge in [0.05, 0.1) is 11.3 Å². The zero-order valence-corrected chi connectivity index (χ0v) is 18.3. The van der Waals surface area contributed by atoms with Crippen LogP contribution in [0.5, 0.6) is 0 Å². The minimum atomic E-state index is -0.343. The maximum Gasteiger partial charge on any atom is 0.282 e. The zero-order chi connectivity index (χ0) is 22.1. The molecular weight excluding hydrogens is 384 g/mol. The average Bonchev–Trinajstić information content (AvgIpc) is 3.00. The van der Waals surface area contributed by atoms with Crippen molar-refractivity contribution in [2.75, 3.05) is 10.2 Å². The van der Waals surface area contributed by atoms with Crippen molar-refractivity contribution in [1.29, 1.82) is 0 Å². The molecule has 1 aliphatic rings. The molecule has 0 aliphatic carbocycles. The van der Waals surface area contributed by atoms with Gasteiger partial charge in [-0.1, -0.05) is 66.6 Å². The largest absolute Gasteiger partial charge is 0.350 e. The molecular formula is C27H26N2O2. The first kappa shape index (κ1) is 20.6. The molecule has 3 aromatic carbocycles. The molecule has 4 nitrogen and oxygen atoms in total. The van der Waals surface area contributed by atoms with Crippen LogP contribution in [0.15, 0.2) is 72.4 Å². The fourth-order valence-electron chi connectivity index (χ4n) is 3.84. The number of amides is 2. The molecule has 0 saturated heterocycles. The Hall–Kier alpha value is -3.66. The Kier molecular flexibility index (Phi) is 5.47. The monoisotopic (exact) mass is 410 g/mol. The number of carbonyl (C=O) groups excluding carboxylic acids is 2. The van der Waals surface area contributed by atoms with E-state index in [0.717, 1.165) is 39.9 Å². The van der Waals surface area contributed by atoms with E-state index in [2.05, 4.69) is 18.3 Å². The minimum absolute atomic E-state index is 0.306. The number of benzene rings is 3. The summed E-state index contributed by atoms with van der Waals surface area (Å²) >= 11 is 0. The molecule has 31 heavy (non-hydrogen) atoms. The second-order valence-electron chi connectivity index (χ2n) is 8.03. The number of hydrogen-bond donors (Lipinski definition) is 1. The highest BCUT2D eigenvalue weighted by atomic mass is 16.2. The Morgan fingerprint density at radius 2 is 1.42 bits per heavy atom. The summed E-state index contributed by atoms with van der Waals surface area (Å²) in [4.78, 5) is 28.3. The van der Waals surface area contributed by atoms with Gasteiger partial charge in [0.1, 0.15) is 5.70 Å². The molecule has 0 radical (unpaired) electrons. The molecule has 0 unspecified atom stereocenters. The lowest BCUT2D eigenvalue weighted by atomic mass is 10.0. The average molecular weight is 411 g/mol. The van der Waals surface area contributed by atoms with Crippen LogP contribution in [-0.2, 0) is 16.0 Å². The van der Waals surface area contributed by atoms with E-state index in [1.54, 1.807) is 0 Å². The van der Waals surface area contributed by atoms with Crippen molar-refractivity contribution < 1.29 is 9.59 Å². The van der Waals surface area contributed by atoms with Gasteiger partial charge in [-0.25, -0.2) is 4.90 Å². The normalized spacial score (nSPS) is 13.9. The van der Waals surface area contributed by atoms with Crippen LogP contribution in [0.4, 0.5) is 11.4 Å². The van der Waals surface area contributed by atoms with Crippen LogP contribution in [0.2, 0.25) is 0 Å². The lowest BCUT2D eigenvalue weighted by Gasteiger charge is -2.16. The summed E-state index contributed by atoms with van der Waals surface area (Å²) in [5.41, 5.74) is 7.22. The molecule has 1 N–H and O–H groups in total. The van der Waals surface area contributed by atoms with Crippen molar-refractivity contribution in [1.82, 2.24) is 0 Å². The molecule has 0 atom stereocenters. The van der Waals surface area contributed by atoms with Crippen molar-refractivity contribution in [3.63, 3.8) is 0 Å². The van der Waals surface area contributed by atoms with E-state index in [1.165, 1.54) is 4.90 Å². The third-order valence-electron chi connectivity index (χ3n) is 5.67. The van der Waals surface area contributed by atoms with Gasteiger partial charge >= 0.3 is 0 Å². The van der Waals surface area contributed by atoms with Crippen molar-refractivity contribution >= 4 is 28.8 Å². The molecule has 0 spiro atoms. The van der Waals surface area contributed by atoms with Gasteiger partial charge in [-0.2, -0.15) is 0 Å². The second-order valence-corrected chi connectivity index (χ2v) is 8.03. The van der Waals surface area contributed by atoms with Crippen LogP contribution in [0, 0.1) is 20.8 Å². The standard InChI is InChI=1S/C27H26N2O2/c1-5-20-9-13-22(14-10-20)29-26(30)24(21-11-6-17(2)7-12-21)25(27(29)31)28-23-15-8-18(3)16-19(23)4/h6-16,28H,5H2,1-4H3. The number of hydrogen-bond acceptors (Lipinski definition) is 3. The summed E-state index contributed by atoms with van der Waals surface area (Å²) in [7, 11) is 0. The molecule has 0 bridgehead atoms. The predicted molar refractivity (Wildman–Crippen MR) is 126 cm³/mol. The topological polar surface area (TPSA) is 49.4 Å². The number of aryl methyl sites for hydroxylation is 4. The Balaban J connectivity index is 1.81. The SMILES string of the molecule is CCc1ccc(N2C(=O)C(Nc3ccc(C)cc3C)=C(c3ccc(C)cc3)C2=O)cc1. The first-order valence-corrected chi connectivity index (χ1v) is 10.5. The Morgan fingerprint density at radius 3 is 2.03 bits per heavy atom. The number of imide groups is 1. The fraction of sp³-hybridized carbons (Fsp3) is 0.185. The molecule has 3 aromatic rings. The molecule has 4 rings (SSSR count). The molecule has 0 fully saturated rings. The van der Waals surface area contributed by atoms with E-state index < -0.39 is 0 Å². The van der Waals surface area contributed by atoms with Crippen LogP contribution < -0.4 is 10.2 Å². The van der Waals surface area contributed by atoms with Crippen LogP contribution >= 0.6 is 0 Å². The molecule has 2 amide bonds. The third kappa shape index (κ3) is 3.89. The highest BCUT2D eigenvalue weighted by Gasteiger charge is 2.40. The van der Waals surface area contributed by atoms with Crippen molar-refractivity contribution in [3.8, 4) is 0 Å². The number of rotatable bonds is 5. The molecule has 1 aliphatic heterocycles. The number of carbonyl (C=O) groups is 2. The number of nitrogens with zero attached hydrogens (tertiary/aromatic N) is 1. The highest BCUT2D eigenvalue weighted by Crippen LogP contribution is 2.34. The first-order chi connectivity index (χ1) is 14.9. The summed E-state index contributed by atoms with van der Waals surface area (Å²) in [6.07, 6.45) is 0.897. The number of anilines is 2. The van der Waals surface area contributed by atoms with Gasteiger partial charge in [0.2, 0.25) is 0 Å². The van der Waals surface area contributed by atoms with E-state index in [-0.39, 0.29) is 11.8 Å². The van der Waals surface area contributed by atoms with Crippen molar-refractivity contribution in [2.45, 2.75) is 34.1 Å². The minimum Gasteiger partial charge on any atom is -0.350 e.